The van der Waals surface area contributed by atoms with E-state index in [0.717, 1.165) is 5.56 Å². The summed E-state index contributed by atoms with van der Waals surface area (Å²) in [6.45, 7) is 1.86. The minimum atomic E-state index is -5.42. The second-order valence-electron chi connectivity index (χ2n) is 2.78. The van der Waals surface area contributed by atoms with E-state index in [1.807, 2.05) is 6.92 Å². The normalized spacial score (nSPS) is 13.0. The summed E-state index contributed by atoms with van der Waals surface area (Å²) in [5, 5.41) is 0. The van der Waals surface area contributed by atoms with Crippen LogP contribution in [0, 0.1) is 6.92 Å². The van der Waals surface area contributed by atoms with Crippen LogP contribution in [0.25, 0.3) is 0 Å². The van der Waals surface area contributed by atoms with Gasteiger partial charge in [0.05, 0.1) is 0 Å². The van der Waals surface area contributed by atoms with Crippen molar-refractivity contribution < 1.29 is 12.6 Å². The molecule has 0 atom stereocenters. The first-order valence-corrected chi connectivity index (χ1v) is 5.44. The maximum atomic E-state index is 12.0. The van der Waals surface area contributed by atoms with Gasteiger partial charge in [0.25, 0.3) is 0 Å². The van der Waals surface area contributed by atoms with Crippen molar-refractivity contribution >= 4 is 8.19 Å². The summed E-state index contributed by atoms with van der Waals surface area (Å²) in [6.07, 6.45) is -0.701. The molecule has 0 aliphatic carbocycles. The van der Waals surface area contributed by atoms with Crippen molar-refractivity contribution in [3.05, 3.63) is 35.4 Å². The molecule has 0 amide bonds. The summed E-state index contributed by atoms with van der Waals surface area (Å²) in [5.74, 6) is 0. The van der Waals surface area contributed by atoms with E-state index in [1.54, 1.807) is 12.1 Å². The first kappa shape index (κ1) is 9.53. The van der Waals surface area contributed by atoms with Gasteiger partial charge in [-0.3, -0.25) is 0 Å². The van der Waals surface area contributed by atoms with Crippen LogP contribution in [-0.4, -0.2) is 0 Å². The molecule has 0 N–H and O–H groups in total. The summed E-state index contributed by atoms with van der Waals surface area (Å²) in [7, 11) is -5.42. The van der Waals surface area contributed by atoms with Crippen LogP contribution in [0.2, 0.25) is 0 Å². The third-order valence-corrected chi connectivity index (χ3v) is 2.33. The molecule has 0 aromatic heterocycles. The van der Waals surface area contributed by atoms with Gasteiger partial charge in [-0.05, 0) is 0 Å². The fourth-order valence-electron chi connectivity index (χ4n) is 0.937. The molecule has 1 rings (SSSR count). The SMILES string of the molecule is Cc1ccc(C[PH](F)(F)F)cc1. The molecule has 0 aliphatic heterocycles. The number of halogens is 3. The van der Waals surface area contributed by atoms with E-state index in [1.165, 1.54) is 12.1 Å². The Balaban J connectivity index is 2.71. The van der Waals surface area contributed by atoms with Gasteiger partial charge in [-0.2, -0.15) is 0 Å². The molecule has 0 nitrogen and oxygen atoms in total. The molecule has 68 valence electrons. The molecule has 0 unspecified atom stereocenters. The molecular formula is C8H10F3P. The summed E-state index contributed by atoms with van der Waals surface area (Å²) < 4.78 is 35.9. The monoisotopic (exact) mass is 194 g/mol. The van der Waals surface area contributed by atoms with Crippen LogP contribution in [0.1, 0.15) is 11.1 Å². The number of benzene rings is 1. The van der Waals surface area contributed by atoms with Crippen molar-refractivity contribution in [2.45, 2.75) is 13.1 Å². The molecule has 0 bridgehead atoms. The van der Waals surface area contributed by atoms with E-state index in [4.69, 9.17) is 0 Å². The Labute approximate surface area is 70.1 Å². The molecule has 0 saturated heterocycles. The Morgan fingerprint density at radius 3 is 2.00 bits per heavy atom. The average molecular weight is 194 g/mol. The molecule has 0 spiro atoms. The summed E-state index contributed by atoms with van der Waals surface area (Å²) >= 11 is 0. The first-order valence-electron chi connectivity index (χ1n) is 3.60. The fraction of sp³-hybridized carbons (Fsp3) is 0.250. The van der Waals surface area contributed by atoms with E-state index in [2.05, 4.69) is 0 Å². The Kier molecular flexibility index (Phi) is 2.73. The van der Waals surface area contributed by atoms with Crippen LogP contribution in [-0.2, 0) is 6.16 Å². The van der Waals surface area contributed by atoms with E-state index in [-0.39, 0.29) is 0 Å². The third kappa shape index (κ3) is 3.22. The van der Waals surface area contributed by atoms with Gasteiger partial charge in [-0.1, -0.05) is 0 Å². The fourth-order valence-corrected chi connectivity index (χ4v) is 1.64. The number of hydrogen-bond donors (Lipinski definition) is 0. The quantitative estimate of drug-likeness (QED) is 0.626. The number of rotatable bonds is 2. The molecule has 0 heterocycles. The molecular weight excluding hydrogens is 184 g/mol. The average Bonchev–Trinajstić information content (AvgIpc) is 1.91. The van der Waals surface area contributed by atoms with Gasteiger partial charge < -0.3 is 0 Å². The molecule has 0 fully saturated rings. The van der Waals surface area contributed by atoms with Gasteiger partial charge in [-0.15, -0.1) is 0 Å². The van der Waals surface area contributed by atoms with Crippen molar-refractivity contribution in [1.29, 1.82) is 0 Å². The summed E-state index contributed by atoms with van der Waals surface area (Å²) in [4.78, 5) is 0. The molecule has 1 aromatic carbocycles. The van der Waals surface area contributed by atoms with Crippen LogP contribution < -0.4 is 0 Å². The zero-order valence-electron chi connectivity index (χ0n) is 6.65. The second-order valence-corrected chi connectivity index (χ2v) is 4.36. The predicted octanol–water partition coefficient (Wildman–Crippen LogP) is 3.90. The zero-order chi connectivity index (χ0) is 9.19. The van der Waals surface area contributed by atoms with Gasteiger partial charge in [0, 0.05) is 0 Å². The molecule has 1 aromatic rings. The van der Waals surface area contributed by atoms with Gasteiger partial charge >= 0.3 is 69.3 Å². The van der Waals surface area contributed by atoms with Gasteiger partial charge in [0.1, 0.15) is 0 Å². The number of hydrogen-bond acceptors (Lipinski definition) is 0. The van der Waals surface area contributed by atoms with Crippen molar-refractivity contribution in [2.75, 3.05) is 0 Å². The second kappa shape index (κ2) is 3.44. The van der Waals surface area contributed by atoms with Gasteiger partial charge in [-0.25, -0.2) is 0 Å². The van der Waals surface area contributed by atoms with E-state index in [0.29, 0.717) is 5.56 Å². The summed E-state index contributed by atoms with van der Waals surface area (Å²) in [6, 6.07) is 6.48. The Bertz CT molecular complexity index is 250. The minimum absolute atomic E-state index is 0.375. The molecule has 4 heteroatoms. The van der Waals surface area contributed by atoms with E-state index in [9.17, 15) is 12.6 Å². The molecule has 12 heavy (non-hydrogen) atoms. The first-order chi connectivity index (χ1) is 5.47. The van der Waals surface area contributed by atoms with Crippen molar-refractivity contribution in [1.82, 2.24) is 0 Å². The standard InChI is InChI=1S/C8H10F3P/c1-7-2-4-8(5-3-7)6-12(9,10)11/h2-5,12H,6H2,1H3. The topological polar surface area (TPSA) is 0 Å². The van der Waals surface area contributed by atoms with Crippen LogP contribution in [0.3, 0.4) is 0 Å². The van der Waals surface area contributed by atoms with Gasteiger partial charge in [0.15, 0.2) is 0 Å². The number of aryl methyl sites for hydroxylation is 1. The van der Waals surface area contributed by atoms with Crippen LogP contribution >= 0.6 is 8.19 Å². The predicted molar refractivity (Wildman–Crippen MR) is 46.5 cm³/mol. The van der Waals surface area contributed by atoms with Gasteiger partial charge in [0.2, 0.25) is 0 Å². The molecule has 0 saturated carbocycles. The summed E-state index contributed by atoms with van der Waals surface area (Å²) in [5.41, 5.74) is 1.36. The van der Waals surface area contributed by atoms with Crippen LogP contribution in [0.15, 0.2) is 24.3 Å². The van der Waals surface area contributed by atoms with Crippen molar-refractivity contribution in [3.63, 3.8) is 0 Å². The zero-order valence-corrected chi connectivity index (χ0v) is 7.65. The maximum absolute atomic E-state index is 12.0. The van der Waals surface area contributed by atoms with E-state index >= 15 is 0 Å². The third-order valence-electron chi connectivity index (χ3n) is 1.53. The molecule has 0 aliphatic rings. The van der Waals surface area contributed by atoms with Crippen LogP contribution in [0.5, 0.6) is 0 Å². The van der Waals surface area contributed by atoms with Crippen molar-refractivity contribution in [3.8, 4) is 0 Å². The van der Waals surface area contributed by atoms with Crippen molar-refractivity contribution in [2.24, 2.45) is 0 Å². The van der Waals surface area contributed by atoms with E-state index < -0.39 is 14.4 Å². The molecule has 0 radical (unpaired) electrons. The van der Waals surface area contributed by atoms with Crippen LogP contribution in [0.4, 0.5) is 12.6 Å². The Morgan fingerprint density at radius 1 is 1.08 bits per heavy atom. The Morgan fingerprint density at radius 2 is 1.58 bits per heavy atom. The Hall–Kier alpha value is -0.560.